The van der Waals surface area contributed by atoms with Crippen molar-refractivity contribution < 1.29 is 9.53 Å². The quantitative estimate of drug-likeness (QED) is 0.753. The van der Waals surface area contributed by atoms with Gasteiger partial charge in [-0.1, -0.05) is 20.8 Å². The summed E-state index contributed by atoms with van der Waals surface area (Å²) in [5, 5.41) is 10.1. The summed E-state index contributed by atoms with van der Waals surface area (Å²) in [6.45, 7) is 12.3. The van der Waals surface area contributed by atoms with Gasteiger partial charge in [0, 0.05) is 12.7 Å². The molecule has 3 saturated carbocycles. The highest BCUT2D eigenvalue weighted by atomic mass is 28.4. The van der Waals surface area contributed by atoms with E-state index in [9.17, 15) is 5.11 Å². The van der Waals surface area contributed by atoms with E-state index >= 15 is 0 Å². The standard InChI is InChI=1S/C19H36O2Si/c1-19(2,3)22(4,5)21-18-9-7-13-11-17-14(6-8-16(17)18)10-15(13)12-20/h13-18,20H,6-12H2,1-5H3/t13-,14-,15-,16-,17+,18-/m1/s1. The van der Waals surface area contributed by atoms with E-state index in [-0.39, 0.29) is 0 Å². The van der Waals surface area contributed by atoms with Gasteiger partial charge in [0.15, 0.2) is 8.32 Å². The Morgan fingerprint density at radius 3 is 2.27 bits per heavy atom. The van der Waals surface area contributed by atoms with Crippen molar-refractivity contribution in [1.82, 2.24) is 0 Å². The average Bonchev–Trinajstić information content (AvgIpc) is 2.77. The van der Waals surface area contributed by atoms with Gasteiger partial charge in [0.2, 0.25) is 0 Å². The molecule has 3 rings (SSSR count). The summed E-state index contributed by atoms with van der Waals surface area (Å²) in [5.74, 6) is 3.92. The zero-order valence-electron chi connectivity index (χ0n) is 15.3. The first-order valence-electron chi connectivity index (χ1n) is 9.51. The molecule has 3 aliphatic rings. The molecule has 0 spiro atoms. The minimum atomic E-state index is -1.67. The highest BCUT2D eigenvalue weighted by molar-refractivity contribution is 6.74. The normalized spacial score (nSPS) is 42.3. The maximum atomic E-state index is 9.76. The molecular formula is C19H36O2Si. The monoisotopic (exact) mass is 324 g/mol. The lowest BCUT2D eigenvalue weighted by molar-refractivity contribution is 0.0587. The van der Waals surface area contributed by atoms with Crippen LogP contribution < -0.4 is 0 Å². The van der Waals surface area contributed by atoms with Crippen LogP contribution in [0.1, 0.15) is 59.3 Å². The second-order valence-electron chi connectivity index (χ2n) is 9.83. The molecule has 0 aromatic rings. The minimum Gasteiger partial charge on any atom is -0.414 e. The lowest BCUT2D eigenvalue weighted by Crippen LogP contribution is -2.46. The molecule has 3 heteroatoms. The van der Waals surface area contributed by atoms with Crippen LogP contribution in [0.5, 0.6) is 0 Å². The fourth-order valence-electron chi connectivity index (χ4n) is 5.30. The van der Waals surface area contributed by atoms with Crippen LogP contribution in [-0.4, -0.2) is 26.1 Å². The molecule has 0 saturated heterocycles. The topological polar surface area (TPSA) is 29.5 Å². The number of hydrogen-bond acceptors (Lipinski definition) is 2. The third-order valence-corrected chi connectivity index (χ3v) is 12.2. The van der Waals surface area contributed by atoms with Gasteiger partial charge in [-0.2, -0.15) is 0 Å². The molecule has 2 nitrogen and oxygen atoms in total. The SMILES string of the molecule is CC(C)(C)[Si](C)(C)O[C@@H]1CC[C@@H]2C[C@H]3[C@H](CC[C@H]31)C[C@@H]2CO. The highest BCUT2D eigenvalue weighted by Crippen LogP contribution is 2.55. The molecule has 0 radical (unpaired) electrons. The Morgan fingerprint density at radius 2 is 1.64 bits per heavy atom. The second kappa shape index (κ2) is 5.89. The van der Waals surface area contributed by atoms with Crippen LogP contribution >= 0.6 is 0 Å². The largest absolute Gasteiger partial charge is 0.414 e. The van der Waals surface area contributed by atoms with Gasteiger partial charge in [-0.3, -0.25) is 0 Å². The molecule has 0 amide bonds. The number of hydrogen-bond donors (Lipinski definition) is 1. The van der Waals surface area contributed by atoms with Crippen LogP contribution in [0.4, 0.5) is 0 Å². The first-order valence-corrected chi connectivity index (χ1v) is 12.4. The number of aliphatic hydroxyl groups excluding tert-OH is 1. The zero-order valence-corrected chi connectivity index (χ0v) is 16.3. The van der Waals surface area contributed by atoms with Gasteiger partial charge >= 0.3 is 0 Å². The summed E-state index contributed by atoms with van der Waals surface area (Å²) < 4.78 is 6.91. The van der Waals surface area contributed by atoms with Crippen molar-refractivity contribution in [1.29, 1.82) is 0 Å². The molecule has 2 bridgehead atoms. The Morgan fingerprint density at radius 1 is 0.955 bits per heavy atom. The summed E-state index contributed by atoms with van der Waals surface area (Å²) in [5.41, 5.74) is 0. The van der Waals surface area contributed by atoms with Crippen molar-refractivity contribution in [2.45, 2.75) is 83.5 Å². The van der Waals surface area contributed by atoms with Crippen molar-refractivity contribution >= 4 is 8.32 Å². The average molecular weight is 325 g/mol. The molecule has 0 heterocycles. The number of rotatable bonds is 3. The van der Waals surface area contributed by atoms with Crippen LogP contribution in [0.2, 0.25) is 18.1 Å². The second-order valence-corrected chi connectivity index (χ2v) is 14.6. The van der Waals surface area contributed by atoms with E-state index in [1.165, 1.54) is 38.5 Å². The summed E-state index contributed by atoms with van der Waals surface area (Å²) in [6, 6.07) is 0. The van der Waals surface area contributed by atoms with E-state index in [4.69, 9.17) is 4.43 Å². The highest BCUT2D eigenvalue weighted by Gasteiger charge is 2.50. The summed E-state index contributed by atoms with van der Waals surface area (Å²) >= 11 is 0. The van der Waals surface area contributed by atoms with E-state index in [1.807, 2.05) is 0 Å². The predicted octanol–water partition coefficient (Wildman–Crippen LogP) is 4.83. The smallest absolute Gasteiger partial charge is 0.192 e. The van der Waals surface area contributed by atoms with Crippen LogP contribution in [-0.2, 0) is 4.43 Å². The summed E-state index contributed by atoms with van der Waals surface area (Å²) in [6.07, 6.45) is 8.44. The van der Waals surface area contributed by atoms with E-state index in [0.717, 1.165) is 23.7 Å². The first kappa shape index (κ1) is 17.0. The molecule has 6 atom stereocenters. The number of aliphatic hydroxyl groups is 1. The number of fused-ring (bicyclic) bond motifs is 1. The molecule has 0 aromatic heterocycles. The van der Waals surface area contributed by atoms with E-state index in [1.54, 1.807) is 0 Å². The van der Waals surface area contributed by atoms with Gasteiger partial charge in [0.05, 0.1) is 0 Å². The Balaban J connectivity index is 1.78. The van der Waals surface area contributed by atoms with Crippen LogP contribution in [0, 0.1) is 29.6 Å². The summed E-state index contributed by atoms with van der Waals surface area (Å²) in [7, 11) is -1.67. The maximum Gasteiger partial charge on any atom is 0.192 e. The lowest BCUT2D eigenvalue weighted by Gasteiger charge is -2.42. The fourth-order valence-corrected chi connectivity index (χ4v) is 6.70. The molecule has 1 N–H and O–H groups in total. The third kappa shape index (κ3) is 2.93. The molecule has 0 aromatic carbocycles. The van der Waals surface area contributed by atoms with Gasteiger partial charge in [-0.05, 0) is 86.2 Å². The Kier molecular flexibility index (Phi) is 4.55. The molecule has 22 heavy (non-hydrogen) atoms. The van der Waals surface area contributed by atoms with E-state index < -0.39 is 8.32 Å². The van der Waals surface area contributed by atoms with E-state index in [2.05, 4.69) is 33.9 Å². The molecule has 0 unspecified atom stereocenters. The Labute approximate surface area is 138 Å². The van der Waals surface area contributed by atoms with Gasteiger partial charge in [0.25, 0.3) is 0 Å². The van der Waals surface area contributed by atoms with E-state index in [0.29, 0.717) is 23.7 Å². The van der Waals surface area contributed by atoms with Gasteiger partial charge in [0.1, 0.15) is 0 Å². The van der Waals surface area contributed by atoms with Crippen molar-refractivity contribution in [3.05, 3.63) is 0 Å². The van der Waals surface area contributed by atoms with Crippen molar-refractivity contribution in [2.24, 2.45) is 29.6 Å². The fraction of sp³-hybridized carbons (Fsp3) is 1.00. The zero-order chi connectivity index (χ0) is 16.1. The maximum absolute atomic E-state index is 9.76. The predicted molar refractivity (Wildman–Crippen MR) is 94.3 cm³/mol. The first-order chi connectivity index (χ1) is 10.2. The van der Waals surface area contributed by atoms with Gasteiger partial charge < -0.3 is 9.53 Å². The third-order valence-electron chi connectivity index (χ3n) is 7.66. The van der Waals surface area contributed by atoms with Crippen LogP contribution in [0.3, 0.4) is 0 Å². The van der Waals surface area contributed by atoms with Crippen molar-refractivity contribution in [3.63, 3.8) is 0 Å². The molecule has 3 fully saturated rings. The molecular weight excluding hydrogens is 288 g/mol. The lowest BCUT2D eigenvalue weighted by atomic mass is 9.68. The van der Waals surface area contributed by atoms with Gasteiger partial charge in [-0.15, -0.1) is 0 Å². The Hall–Kier alpha value is 0.137. The van der Waals surface area contributed by atoms with Gasteiger partial charge in [-0.25, -0.2) is 0 Å². The molecule has 0 aliphatic heterocycles. The summed E-state index contributed by atoms with van der Waals surface area (Å²) in [4.78, 5) is 0. The minimum absolute atomic E-state index is 0.306. The van der Waals surface area contributed by atoms with Crippen molar-refractivity contribution in [2.75, 3.05) is 6.61 Å². The Bertz CT molecular complexity index is 401. The molecule has 3 aliphatic carbocycles. The molecule has 128 valence electrons. The van der Waals surface area contributed by atoms with Crippen LogP contribution in [0.25, 0.3) is 0 Å². The van der Waals surface area contributed by atoms with Crippen molar-refractivity contribution in [3.8, 4) is 0 Å². The van der Waals surface area contributed by atoms with Crippen LogP contribution in [0.15, 0.2) is 0 Å².